The molecule has 1 aromatic carbocycles. The van der Waals surface area contributed by atoms with E-state index < -0.39 is 12.0 Å². The van der Waals surface area contributed by atoms with Crippen molar-refractivity contribution in [2.45, 2.75) is 25.8 Å². The number of carbonyl (C=O) groups is 2. The number of hydrogen-bond acceptors (Lipinski definition) is 3. The van der Waals surface area contributed by atoms with Crippen LogP contribution < -0.4 is 11.1 Å². The quantitative estimate of drug-likeness (QED) is 0.696. The molecule has 1 unspecified atom stereocenters. The fourth-order valence-corrected chi connectivity index (χ4v) is 1.83. The smallest absolute Gasteiger partial charge is 0.303 e. The van der Waals surface area contributed by atoms with Gasteiger partial charge in [-0.1, -0.05) is 6.07 Å². The van der Waals surface area contributed by atoms with Gasteiger partial charge in [0.25, 0.3) is 0 Å². The summed E-state index contributed by atoms with van der Waals surface area (Å²) in [6, 6.07) is 4.73. The first-order valence-electron chi connectivity index (χ1n) is 5.44. The van der Waals surface area contributed by atoms with Crippen molar-refractivity contribution in [1.29, 1.82) is 0 Å². The van der Waals surface area contributed by atoms with Crippen molar-refractivity contribution >= 4 is 40.2 Å². The molecule has 0 aromatic heterocycles. The minimum Gasteiger partial charge on any atom is -0.481 e. The number of anilines is 1. The minimum absolute atomic E-state index is 0.111. The number of halogens is 1. The van der Waals surface area contributed by atoms with Gasteiger partial charge in [-0.25, -0.2) is 0 Å². The Balaban J connectivity index is 2.58. The van der Waals surface area contributed by atoms with Crippen molar-refractivity contribution in [3.05, 3.63) is 27.3 Å². The second kappa shape index (κ2) is 6.69. The van der Waals surface area contributed by atoms with Gasteiger partial charge in [0.15, 0.2) is 0 Å². The molecule has 0 spiro atoms. The molecule has 1 atom stereocenters. The van der Waals surface area contributed by atoms with Gasteiger partial charge in [-0.15, -0.1) is 0 Å². The van der Waals surface area contributed by atoms with Crippen LogP contribution >= 0.6 is 22.6 Å². The van der Waals surface area contributed by atoms with Crippen LogP contribution in [-0.4, -0.2) is 23.0 Å². The molecule has 0 saturated carbocycles. The highest BCUT2D eigenvalue weighted by atomic mass is 127. The van der Waals surface area contributed by atoms with Crippen molar-refractivity contribution in [2.75, 3.05) is 5.32 Å². The molecule has 1 aromatic rings. The topological polar surface area (TPSA) is 92.4 Å². The first kappa shape index (κ1) is 14.9. The van der Waals surface area contributed by atoms with E-state index in [0.29, 0.717) is 5.69 Å². The monoisotopic (exact) mass is 362 g/mol. The zero-order valence-corrected chi connectivity index (χ0v) is 12.1. The highest BCUT2D eigenvalue weighted by molar-refractivity contribution is 14.1. The Morgan fingerprint density at radius 3 is 2.72 bits per heavy atom. The van der Waals surface area contributed by atoms with Crippen LogP contribution in [0.3, 0.4) is 0 Å². The van der Waals surface area contributed by atoms with Crippen molar-refractivity contribution in [1.82, 2.24) is 0 Å². The van der Waals surface area contributed by atoms with Crippen LogP contribution in [0.4, 0.5) is 5.69 Å². The Morgan fingerprint density at radius 1 is 1.50 bits per heavy atom. The number of carboxylic acid groups (broad SMARTS) is 1. The largest absolute Gasteiger partial charge is 0.481 e. The lowest BCUT2D eigenvalue weighted by atomic mass is 10.1. The fourth-order valence-electron chi connectivity index (χ4n) is 1.32. The standard InChI is InChI=1S/C12H15IN2O3/c1-7-2-3-8(6-9(7)13)15-12(18)10(14)4-5-11(16)17/h2-3,6,10H,4-5,14H2,1H3,(H,15,18)(H,16,17). The van der Waals surface area contributed by atoms with Crippen molar-refractivity contribution in [2.24, 2.45) is 5.73 Å². The molecule has 0 radical (unpaired) electrons. The molecule has 0 fully saturated rings. The van der Waals surface area contributed by atoms with Gasteiger partial charge in [-0.2, -0.15) is 0 Å². The number of hydrogen-bond donors (Lipinski definition) is 3. The molecule has 98 valence electrons. The molecular formula is C12H15IN2O3. The van der Waals surface area contributed by atoms with Crippen molar-refractivity contribution in [3.63, 3.8) is 0 Å². The van der Waals surface area contributed by atoms with E-state index in [0.717, 1.165) is 9.13 Å². The van der Waals surface area contributed by atoms with Gasteiger partial charge in [0.1, 0.15) is 0 Å². The minimum atomic E-state index is -0.955. The van der Waals surface area contributed by atoms with Gasteiger partial charge in [0.05, 0.1) is 6.04 Å². The van der Waals surface area contributed by atoms with Crippen LogP contribution in [0.5, 0.6) is 0 Å². The molecule has 1 amide bonds. The van der Waals surface area contributed by atoms with Gasteiger partial charge in [0, 0.05) is 15.7 Å². The fraction of sp³-hybridized carbons (Fsp3) is 0.333. The summed E-state index contributed by atoms with van der Waals surface area (Å²) in [5.41, 5.74) is 7.40. The van der Waals surface area contributed by atoms with Crippen molar-refractivity contribution < 1.29 is 14.7 Å². The predicted octanol–water partition coefficient (Wildman–Crippen LogP) is 1.73. The third-order valence-electron chi connectivity index (χ3n) is 2.45. The van der Waals surface area contributed by atoms with Crippen LogP contribution in [0.1, 0.15) is 18.4 Å². The van der Waals surface area contributed by atoms with Gasteiger partial charge in [-0.05, 0) is 53.6 Å². The molecule has 0 heterocycles. The first-order chi connectivity index (χ1) is 8.40. The SMILES string of the molecule is Cc1ccc(NC(=O)C(N)CCC(=O)O)cc1I. The molecule has 4 N–H and O–H groups in total. The second-order valence-corrected chi connectivity index (χ2v) is 5.15. The van der Waals surface area contributed by atoms with E-state index in [1.807, 2.05) is 19.1 Å². The number of benzene rings is 1. The van der Waals surface area contributed by atoms with Crippen LogP contribution in [0.2, 0.25) is 0 Å². The van der Waals surface area contributed by atoms with E-state index in [9.17, 15) is 9.59 Å². The summed E-state index contributed by atoms with van der Waals surface area (Å²) in [6.45, 7) is 1.98. The molecule has 0 saturated heterocycles. The molecule has 5 nitrogen and oxygen atoms in total. The Kier molecular flexibility index (Phi) is 5.54. The molecule has 0 aliphatic rings. The van der Waals surface area contributed by atoms with Gasteiger partial charge in [-0.3, -0.25) is 9.59 Å². The summed E-state index contributed by atoms with van der Waals surface area (Å²) in [5, 5.41) is 11.2. The molecule has 6 heteroatoms. The molecule has 18 heavy (non-hydrogen) atoms. The van der Waals surface area contributed by atoms with Crippen LogP contribution in [0.15, 0.2) is 18.2 Å². The maximum absolute atomic E-state index is 11.7. The third kappa shape index (κ3) is 4.61. The van der Waals surface area contributed by atoms with E-state index in [1.165, 1.54) is 0 Å². The van der Waals surface area contributed by atoms with Crippen LogP contribution in [-0.2, 0) is 9.59 Å². The lowest BCUT2D eigenvalue weighted by Gasteiger charge is -2.12. The van der Waals surface area contributed by atoms with E-state index in [2.05, 4.69) is 27.9 Å². The average Bonchev–Trinajstić information content (AvgIpc) is 2.30. The summed E-state index contributed by atoms with van der Waals surface area (Å²) in [4.78, 5) is 22.1. The number of nitrogens with two attached hydrogens (primary N) is 1. The number of rotatable bonds is 5. The summed E-state index contributed by atoms with van der Waals surface area (Å²) in [6.07, 6.45) is 0.0180. The van der Waals surface area contributed by atoms with Gasteiger partial charge >= 0.3 is 5.97 Å². The predicted molar refractivity (Wildman–Crippen MR) is 77.4 cm³/mol. The lowest BCUT2D eigenvalue weighted by Crippen LogP contribution is -2.36. The Morgan fingerprint density at radius 2 is 2.17 bits per heavy atom. The van der Waals surface area contributed by atoms with Gasteiger partial charge in [0.2, 0.25) is 5.91 Å². The summed E-state index contributed by atoms with van der Waals surface area (Å²) >= 11 is 2.18. The van der Waals surface area contributed by atoms with E-state index in [-0.39, 0.29) is 18.7 Å². The zero-order chi connectivity index (χ0) is 13.7. The first-order valence-corrected chi connectivity index (χ1v) is 6.52. The number of aryl methyl sites for hydroxylation is 1. The third-order valence-corrected chi connectivity index (χ3v) is 3.61. The maximum Gasteiger partial charge on any atom is 0.303 e. The molecular weight excluding hydrogens is 347 g/mol. The lowest BCUT2D eigenvalue weighted by molar-refractivity contribution is -0.137. The molecule has 0 aliphatic heterocycles. The summed E-state index contributed by atoms with van der Waals surface area (Å²) in [7, 11) is 0. The van der Waals surface area contributed by atoms with Gasteiger partial charge < -0.3 is 16.2 Å². The highest BCUT2D eigenvalue weighted by Gasteiger charge is 2.15. The summed E-state index contributed by atoms with van der Waals surface area (Å²) < 4.78 is 1.05. The summed E-state index contributed by atoms with van der Waals surface area (Å²) in [5.74, 6) is -1.32. The maximum atomic E-state index is 11.7. The number of carbonyl (C=O) groups excluding carboxylic acids is 1. The molecule has 0 bridgehead atoms. The normalized spacial score (nSPS) is 11.9. The van der Waals surface area contributed by atoms with E-state index in [4.69, 9.17) is 10.8 Å². The number of aliphatic carboxylic acids is 1. The zero-order valence-electron chi connectivity index (χ0n) is 9.94. The molecule has 0 aliphatic carbocycles. The van der Waals surface area contributed by atoms with Crippen LogP contribution in [0, 0.1) is 10.5 Å². The van der Waals surface area contributed by atoms with Crippen molar-refractivity contribution in [3.8, 4) is 0 Å². The van der Waals surface area contributed by atoms with Crippen LogP contribution in [0.25, 0.3) is 0 Å². The number of nitrogens with one attached hydrogen (secondary N) is 1. The van der Waals surface area contributed by atoms with E-state index in [1.54, 1.807) is 6.07 Å². The van der Waals surface area contributed by atoms with E-state index >= 15 is 0 Å². The second-order valence-electron chi connectivity index (χ2n) is 3.99. The highest BCUT2D eigenvalue weighted by Crippen LogP contribution is 2.17. The Hall–Kier alpha value is -1.15. The number of amides is 1. The number of carboxylic acids is 1. The Bertz CT molecular complexity index is 463. The molecule has 1 rings (SSSR count). The average molecular weight is 362 g/mol. The Labute approximate surface area is 119 Å².